The van der Waals surface area contributed by atoms with Crippen molar-refractivity contribution >= 4 is 22.9 Å². The van der Waals surface area contributed by atoms with Crippen LogP contribution in [-0.2, 0) is 12.3 Å². The summed E-state index contributed by atoms with van der Waals surface area (Å²) < 4.78 is 0. The van der Waals surface area contributed by atoms with E-state index in [4.69, 9.17) is 16.7 Å². The van der Waals surface area contributed by atoms with Crippen molar-refractivity contribution in [3.8, 4) is 0 Å². The van der Waals surface area contributed by atoms with E-state index < -0.39 is 0 Å². The van der Waals surface area contributed by atoms with E-state index in [0.29, 0.717) is 5.88 Å². The molecule has 1 aromatic heterocycles. The van der Waals surface area contributed by atoms with Gasteiger partial charge in [-0.1, -0.05) is 6.92 Å². The smallest absolute Gasteiger partial charge is 0.0929 e. The highest BCUT2D eigenvalue weighted by atomic mass is 35.5. The lowest BCUT2D eigenvalue weighted by Gasteiger charge is -2.19. The molecule has 1 N–H and O–H groups in total. The molecule has 0 bridgehead atoms. The van der Waals surface area contributed by atoms with Crippen molar-refractivity contribution < 1.29 is 5.11 Å². The highest BCUT2D eigenvalue weighted by Crippen LogP contribution is 2.13. The van der Waals surface area contributed by atoms with Gasteiger partial charge < -0.3 is 10.0 Å². The van der Waals surface area contributed by atoms with Gasteiger partial charge in [0, 0.05) is 25.0 Å². The van der Waals surface area contributed by atoms with Gasteiger partial charge in [0.25, 0.3) is 0 Å². The summed E-state index contributed by atoms with van der Waals surface area (Å²) in [6, 6.07) is 0. The molecule has 0 unspecified atom stereocenters. The Morgan fingerprint density at radius 2 is 2.18 bits per heavy atom. The quantitative estimate of drug-likeness (QED) is 0.704. The van der Waals surface area contributed by atoms with Crippen LogP contribution in [0.1, 0.15) is 30.5 Å². The molecule has 0 fully saturated rings. The van der Waals surface area contributed by atoms with Crippen molar-refractivity contribution in [3.63, 3.8) is 0 Å². The summed E-state index contributed by atoms with van der Waals surface area (Å²) in [5.74, 6) is 0.508. The molecule has 0 aliphatic carbocycles. The van der Waals surface area contributed by atoms with Gasteiger partial charge in [-0.2, -0.15) is 0 Å². The maximum atomic E-state index is 8.80. The first-order valence-corrected chi connectivity index (χ1v) is 7.54. The number of alkyl halides is 1. The van der Waals surface area contributed by atoms with Crippen LogP contribution in [0.3, 0.4) is 0 Å². The predicted octanol–water partition coefficient (Wildman–Crippen LogP) is 2.52. The van der Waals surface area contributed by atoms with Crippen LogP contribution in [0, 0.1) is 0 Å². The fourth-order valence-electron chi connectivity index (χ4n) is 1.70. The van der Waals surface area contributed by atoms with E-state index in [1.807, 2.05) is 5.38 Å². The number of aliphatic hydroxyl groups excluding tert-OH is 1. The Labute approximate surface area is 112 Å². The summed E-state index contributed by atoms with van der Waals surface area (Å²) in [5, 5.41) is 12.0. The van der Waals surface area contributed by atoms with Crippen molar-refractivity contribution in [2.75, 3.05) is 26.2 Å². The predicted molar refractivity (Wildman–Crippen MR) is 73.8 cm³/mol. The van der Waals surface area contributed by atoms with E-state index in [-0.39, 0.29) is 6.61 Å². The standard InChI is InChI=1S/C12H21ClN2OS/c1-2-15(7-4-8-16)6-3-5-12-14-11(9-13)10-17-12/h10,16H,2-9H2,1H3. The Kier molecular flexibility index (Phi) is 7.77. The maximum Gasteiger partial charge on any atom is 0.0929 e. The first-order valence-electron chi connectivity index (χ1n) is 6.12. The molecule has 1 heterocycles. The second-order valence-corrected chi connectivity index (χ2v) is 5.19. The molecule has 1 rings (SSSR count). The summed E-state index contributed by atoms with van der Waals surface area (Å²) in [6.07, 6.45) is 3.01. The molecule has 0 aliphatic heterocycles. The van der Waals surface area contributed by atoms with Crippen LogP contribution in [0.15, 0.2) is 5.38 Å². The highest BCUT2D eigenvalue weighted by Gasteiger charge is 2.04. The first-order chi connectivity index (χ1) is 8.30. The lowest BCUT2D eigenvalue weighted by atomic mass is 10.3. The van der Waals surface area contributed by atoms with Gasteiger partial charge in [-0.15, -0.1) is 22.9 Å². The number of rotatable bonds is 9. The molecule has 0 atom stereocenters. The zero-order valence-corrected chi connectivity index (χ0v) is 11.9. The van der Waals surface area contributed by atoms with Crippen LogP contribution in [0.2, 0.25) is 0 Å². The van der Waals surface area contributed by atoms with Crippen molar-refractivity contribution in [1.29, 1.82) is 0 Å². The Morgan fingerprint density at radius 3 is 2.76 bits per heavy atom. The number of aromatic nitrogens is 1. The van der Waals surface area contributed by atoms with Gasteiger partial charge in [0.2, 0.25) is 0 Å². The third kappa shape index (κ3) is 5.82. The van der Waals surface area contributed by atoms with Crippen LogP contribution in [0.4, 0.5) is 0 Å². The molecular weight excluding hydrogens is 256 g/mol. The van der Waals surface area contributed by atoms with Crippen molar-refractivity contribution in [1.82, 2.24) is 9.88 Å². The Balaban J connectivity index is 2.21. The number of aliphatic hydroxyl groups is 1. The van der Waals surface area contributed by atoms with Gasteiger partial charge in [0.05, 0.1) is 16.6 Å². The number of aryl methyl sites for hydroxylation is 1. The lowest BCUT2D eigenvalue weighted by Crippen LogP contribution is -2.26. The number of hydrogen-bond acceptors (Lipinski definition) is 4. The van der Waals surface area contributed by atoms with E-state index in [0.717, 1.165) is 44.6 Å². The molecule has 0 aromatic carbocycles. The first kappa shape index (κ1) is 14.9. The lowest BCUT2D eigenvalue weighted by molar-refractivity contribution is 0.229. The monoisotopic (exact) mass is 276 g/mol. The summed E-state index contributed by atoms with van der Waals surface area (Å²) >= 11 is 7.41. The average molecular weight is 277 g/mol. The normalized spacial score (nSPS) is 11.3. The summed E-state index contributed by atoms with van der Waals surface area (Å²) in [6.45, 7) is 5.54. The topological polar surface area (TPSA) is 36.4 Å². The molecule has 0 amide bonds. The van der Waals surface area contributed by atoms with Crippen LogP contribution in [0.5, 0.6) is 0 Å². The molecule has 5 heteroatoms. The minimum absolute atomic E-state index is 0.280. The zero-order chi connectivity index (χ0) is 12.5. The minimum atomic E-state index is 0.280. The van der Waals surface area contributed by atoms with E-state index in [2.05, 4.69) is 16.8 Å². The van der Waals surface area contributed by atoms with Crippen molar-refractivity contribution in [2.24, 2.45) is 0 Å². The highest BCUT2D eigenvalue weighted by molar-refractivity contribution is 7.09. The molecule has 0 saturated heterocycles. The van der Waals surface area contributed by atoms with E-state index >= 15 is 0 Å². The molecule has 3 nitrogen and oxygen atoms in total. The Morgan fingerprint density at radius 1 is 1.41 bits per heavy atom. The molecule has 98 valence electrons. The third-order valence-electron chi connectivity index (χ3n) is 2.68. The second kappa shape index (κ2) is 8.86. The van der Waals surface area contributed by atoms with Crippen LogP contribution in [0.25, 0.3) is 0 Å². The van der Waals surface area contributed by atoms with E-state index in [1.165, 1.54) is 5.01 Å². The Bertz CT molecular complexity index is 306. The number of halogens is 1. The van der Waals surface area contributed by atoms with Gasteiger partial charge in [-0.05, 0) is 25.9 Å². The van der Waals surface area contributed by atoms with Gasteiger partial charge >= 0.3 is 0 Å². The van der Waals surface area contributed by atoms with Crippen LogP contribution in [-0.4, -0.2) is 41.2 Å². The third-order valence-corrected chi connectivity index (χ3v) is 3.91. The van der Waals surface area contributed by atoms with Crippen molar-refractivity contribution in [2.45, 2.75) is 32.1 Å². The fraction of sp³-hybridized carbons (Fsp3) is 0.750. The number of nitrogens with zero attached hydrogens (tertiary/aromatic N) is 2. The summed E-state index contributed by atoms with van der Waals surface area (Å²) in [5.41, 5.74) is 0.985. The summed E-state index contributed by atoms with van der Waals surface area (Å²) in [7, 11) is 0. The number of hydrogen-bond donors (Lipinski definition) is 1. The van der Waals surface area contributed by atoms with E-state index in [1.54, 1.807) is 11.3 Å². The van der Waals surface area contributed by atoms with Crippen LogP contribution < -0.4 is 0 Å². The molecule has 1 aromatic rings. The van der Waals surface area contributed by atoms with Crippen molar-refractivity contribution in [3.05, 3.63) is 16.1 Å². The largest absolute Gasteiger partial charge is 0.396 e. The van der Waals surface area contributed by atoms with Gasteiger partial charge in [-0.25, -0.2) is 4.98 Å². The average Bonchev–Trinajstić information content (AvgIpc) is 2.81. The number of thiazole rings is 1. The maximum absolute atomic E-state index is 8.80. The molecule has 17 heavy (non-hydrogen) atoms. The van der Waals surface area contributed by atoms with Gasteiger partial charge in [0.15, 0.2) is 0 Å². The summed E-state index contributed by atoms with van der Waals surface area (Å²) in [4.78, 5) is 6.81. The fourth-order valence-corrected chi connectivity index (χ4v) is 2.77. The molecule has 0 radical (unpaired) electrons. The minimum Gasteiger partial charge on any atom is -0.396 e. The van der Waals surface area contributed by atoms with Crippen LogP contribution >= 0.6 is 22.9 Å². The Hall–Kier alpha value is -0.160. The molecule has 0 spiro atoms. The zero-order valence-electron chi connectivity index (χ0n) is 10.4. The molecule has 0 aliphatic rings. The van der Waals surface area contributed by atoms with Gasteiger partial charge in [0.1, 0.15) is 0 Å². The molecule has 0 saturated carbocycles. The SMILES string of the molecule is CCN(CCCO)CCCc1nc(CCl)cs1. The van der Waals surface area contributed by atoms with Gasteiger partial charge in [-0.3, -0.25) is 0 Å². The second-order valence-electron chi connectivity index (χ2n) is 3.98. The van der Waals surface area contributed by atoms with E-state index in [9.17, 15) is 0 Å². The molecular formula is C12H21ClN2OS.